The molecule has 6 heteroatoms. The molecule has 4 rings (SSSR count). The predicted octanol–water partition coefficient (Wildman–Crippen LogP) is 3.66. The number of hydrogen-bond acceptors (Lipinski definition) is 6. The number of aliphatic hydroxyl groups excluding tert-OH is 1. The van der Waals surface area contributed by atoms with Crippen molar-refractivity contribution in [2.75, 3.05) is 0 Å². The molecule has 2 atom stereocenters. The quantitative estimate of drug-likeness (QED) is 0.482. The van der Waals surface area contributed by atoms with Gasteiger partial charge in [-0.3, -0.25) is 4.79 Å². The molecule has 0 fully saturated rings. The van der Waals surface area contributed by atoms with Crippen molar-refractivity contribution < 1.29 is 30.0 Å². The number of phenols is 3. The van der Waals surface area contributed by atoms with E-state index in [0.717, 1.165) is 11.6 Å². The van der Waals surface area contributed by atoms with Gasteiger partial charge in [-0.1, -0.05) is 42.5 Å². The monoisotopic (exact) mass is 406 g/mol. The molecule has 0 aliphatic carbocycles. The van der Waals surface area contributed by atoms with Crippen LogP contribution >= 0.6 is 0 Å². The van der Waals surface area contributed by atoms with Crippen LogP contribution in [-0.2, 0) is 12.8 Å². The number of phenolic OH excluding ortho intramolecular Hbond substituents is 3. The molecule has 1 heterocycles. The van der Waals surface area contributed by atoms with Crippen molar-refractivity contribution in [2.45, 2.75) is 31.5 Å². The fourth-order valence-corrected chi connectivity index (χ4v) is 3.77. The number of benzene rings is 3. The maximum Gasteiger partial charge on any atom is 0.170 e. The number of fused-ring (bicyclic) bond motifs is 1. The molecular weight excluding hydrogens is 384 g/mol. The van der Waals surface area contributed by atoms with Gasteiger partial charge in [-0.05, 0) is 29.7 Å². The molecule has 0 aromatic heterocycles. The molecule has 0 spiro atoms. The van der Waals surface area contributed by atoms with Crippen molar-refractivity contribution >= 4 is 5.78 Å². The fourth-order valence-electron chi connectivity index (χ4n) is 3.77. The Kier molecular flexibility index (Phi) is 5.33. The van der Waals surface area contributed by atoms with Gasteiger partial charge in [0.05, 0.1) is 6.10 Å². The van der Waals surface area contributed by atoms with E-state index < -0.39 is 12.2 Å². The van der Waals surface area contributed by atoms with E-state index in [1.165, 1.54) is 12.1 Å². The third-order valence-corrected chi connectivity index (χ3v) is 5.33. The first-order valence-electron chi connectivity index (χ1n) is 9.72. The molecule has 0 bridgehead atoms. The molecule has 154 valence electrons. The molecule has 3 aromatic carbocycles. The molecule has 30 heavy (non-hydrogen) atoms. The minimum absolute atomic E-state index is 0.00871. The van der Waals surface area contributed by atoms with Crippen LogP contribution in [-0.4, -0.2) is 32.3 Å². The van der Waals surface area contributed by atoms with Gasteiger partial charge in [-0.2, -0.15) is 0 Å². The van der Waals surface area contributed by atoms with Gasteiger partial charge in [0.2, 0.25) is 0 Å². The largest absolute Gasteiger partial charge is 0.508 e. The summed E-state index contributed by atoms with van der Waals surface area (Å²) in [6, 6.07) is 16.8. The third kappa shape index (κ3) is 3.82. The zero-order chi connectivity index (χ0) is 21.3. The summed E-state index contributed by atoms with van der Waals surface area (Å²) in [5.74, 6) is -0.727. The molecule has 6 nitrogen and oxygen atoms in total. The highest BCUT2D eigenvalue weighted by molar-refractivity contribution is 6.02. The van der Waals surface area contributed by atoms with Gasteiger partial charge in [-0.15, -0.1) is 0 Å². The van der Waals surface area contributed by atoms with Crippen LogP contribution < -0.4 is 4.74 Å². The molecule has 1 aliphatic rings. The van der Waals surface area contributed by atoms with E-state index in [2.05, 4.69) is 0 Å². The lowest BCUT2D eigenvalue weighted by atomic mass is 9.90. The number of aromatic hydroxyl groups is 3. The smallest absolute Gasteiger partial charge is 0.170 e. The maximum absolute atomic E-state index is 13.0. The van der Waals surface area contributed by atoms with Crippen LogP contribution in [0.3, 0.4) is 0 Å². The topological polar surface area (TPSA) is 107 Å². The van der Waals surface area contributed by atoms with Gasteiger partial charge in [0, 0.05) is 24.5 Å². The number of carbonyl (C=O) groups is 1. The van der Waals surface area contributed by atoms with Crippen LogP contribution in [0, 0.1) is 0 Å². The van der Waals surface area contributed by atoms with Crippen molar-refractivity contribution in [3.63, 3.8) is 0 Å². The highest BCUT2D eigenvalue weighted by atomic mass is 16.5. The average Bonchev–Trinajstić information content (AvgIpc) is 2.74. The van der Waals surface area contributed by atoms with Crippen LogP contribution in [0.1, 0.15) is 39.6 Å². The highest BCUT2D eigenvalue weighted by Crippen LogP contribution is 2.46. The lowest BCUT2D eigenvalue weighted by Gasteiger charge is -2.32. The van der Waals surface area contributed by atoms with Crippen molar-refractivity contribution in [1.29, 1.82) is 0 Å². The summed E-state index contributed by atoms with van der Waals surface area (Å²) >= 11 is 0. The number of hydrogen-bond donors (Lipinski definition) is 4. The van der Waals surface area contributed by atoms with Gasteiger partial charge in [0.15, 0.2) is 5.78 Å². The van der Waals surface area contributed by atoms with Crippen LogP contribution in [0.4, 0.5) is 0 Å². The van der Waals surface area contributed by atoms with E-state index in [4.69, 9.17) is 4.74 Å². The highest BCUT2D eigenvalue weighted by Gasteiger charge is 2.35. The van der Waals surface area contributed by atoms with Gasteiger partial charge >= 0.3 is 0 Å². The van der Waals surface area contributed by atoms with Gasteiger partial charge in [-0.25, -0.2) is 0 Å². The first-order chi connectivity index (χ1) is 14.4. The molecule has 3 aromatic rings. The summed E-state index contributed by atoms with van der Waals surface area (Å²) in [6.07, 6.45) is -1.06. The Hall–Kier alpha value is -3.51. The predicted molar refractivity (Wildman–Crippen MR) is 110 cm³/mol. The lowest BCUT2D eigenvalue weighted by Crippen LogP contribution is -2.31. The standard InChI is InChI=1S/C24H22O6/c25-16-9-7-15(8-10-16)23-21(29)12-17-19(27)13-20(28)22(24(17)30-23)18(26)11-6-14-4-2-1-3-5-14/h1-5,7-10,13,21,23,25,27-29H,6,11-12H2/t21-,23+/m1/s1. The van der Waals surface area contributed by atoms with Gasteiger partial charge in [0.1, 0.15) is 34.7 Å². The zero-order valence-corrected chi connectivity index (χ0v) is 16.2. The number of rotatable bonds is 5. The SMILES string of the molecule is O=C(CCc1ccccc1)c1c(O)cc(O)c2c1O[C@@H](c1ccc(O)cc1)[C@H](O)C2. The number of Topliss-reactive ketones (excluding diaryl/α,β-unsaturated/α-hetero) is 1. The molecule has 0 unspecified atom stereocenters. The third-order valence-electron chi connectivity index (χ3n) is 5.33. The van der Waals surface area contributed by atoms with E-state index in [-0.39, 0.29) is 47.2 Å². The van der Waals surface area contributed by atoms with E-state index in [9.17, 15) is 25.2 Å². The van der Waals surface area contributed by atoms with Gasteiger partial charge < -0.3 is 25.2 Å². The Morgan fingerprint density at radius 2 is 1.67 bits per heavy atom. The van der Waals surface area contributed by atoms with E-state index in [1.54, 1.807) is 12.1 Å². The summed E-state index contributed by atoms with van der Waals surface area (Å²) in [5, 5.41) is 40.8. The Morgan fingerprint density at radius 3 is 2.37 bits per heavy atom. The summed E-state index contributed by atoms with van der Waals surface area (Å²) in [7, 11) is 0. The number of carbonyl (C=O) groups excluding carboxylic acids is 1. The molecule has 1 aliphatic heterocycles. The van der Waals surface area contributed by atoms with Crippen molar-refractivity contribution in [3.05, 3.63) is 82.9 Å². The van der Waals surface area contributed by atoms with Crippen LogP contribution in [0.25, 0.3) is 0 Å². The Bertz CT molecular complexity index is 1060. The van der Waals surface area contributed by atoms with Crippen molar-refractivity contribution in [2.24, 2.45) is 0 Å². The fraction of sp³-hybridized carbons (Fsp3) is 0.208. The van der Waals surface area contributed by atoms with E-state index in [1.807, 2.05) is 30.3 Å². The zero-order valence-electron chi connectivity index (χ0n) is 16.2. The normalized spacial score (nSPS) is 17.8. The van der Waals surface area contributed by atoms with Crippen LogP contribution in [0.15, 0.2) is 60.7 Å². The first-order valence-corrected chi connectivity index (χ1v) is 9.72. The second kappa shape index (κ2) is 8.08. The second-order valence-corrected chi connectivity index (χ2v) is 7.41. The van der Waals surface area contributed by atoms with E-state index >= 15 is 0 Å². The number of aryl methyl sites for hydroxylation is 1. The summed E-state index contributed by atoms with van der Waals surface area (Å²) in [6.45, 7) is 0. The minimum Gasteiger partial charge on any atom is -0.508 e. The Labute approximate surface area is 173 Å². The molecule has 0 saturated heterocycles. The van der Waals surface area contributed by atoms with Crippen LogP contribution in [0.5, 0.6) is 23.0 Å². The lowest BCUT2D eigenvalue weighted by molar-refractivity contribution is 0.0190. The van der Waals surface area contributed by atoms with Crippen molar-refractivity contribution in [1.82, 2.24) is 0 Å². The first kappa shape index (κ1) is 19.8. The minimum atomic E-state index is -0.968. The molecule has 0 radical (unpaired) electrons. The number of aliphatic hydroxyl groups is 1. The summed E-state index contributed by atoms with van der Waals surface area (Å²) in [4.78, 5) is 13.0. The molecular formula is C24H22O6. The Morgan fingerprint density at radius 1 is 0.967 bits per heavy atom. The average molecular weight is 406 g/mol. The maximum atomic E-state index is 13.0. The number of ketones is 1. The molecule has 4 N–H and O–H groups in total. The van der Waals surface area contributed by atoms with Crippen molar-refractivity contribution in [3.8, 4) is 23.0 Å². The Balaban J connectivity index is 1.67. The summed E-state index contributed by atoms with van der Waals surface area (Å²) < 4.78 is 5.96. The van der Waals surface area contributed by atoms with Gasteiger partial charge in [0.25, 0.3) is 0 Å². The summed E-state index contributed by atoms with van der Waals surface area (Å²) in [5.41, 5.74) is 1.90. The van der Waals surface area contributed by atoms with Crippen LogP contribution in [0.2, 0.25) is 0 Å². The second-order valence-electron chi connectivity index (χ2n) is 7.41. The number of ether oxygens (including phenoxy) is 1. The molecule has 0 saturated carbocycles. The molecule has 0 amide bonds. The van der Waals surface area contributed by atoms with E-state index in [0.29, 0.717) is 17.5 Å².